The maximum Gasteiger partial charge on any atom is 0.387 e. The Labute approximate surface area is 157 Å². The fourth-order valence-electron chi connectivity index (χ4n) is 1.94. The lowest BCUT2D eigenvalue weighted by Crippen LogP contribution is -2.30. The lowest BCUT2D eigenvalue weighted by Gasteiger charge is -2.15. The van der Waals surface area contributed by atoms with Gasteiger partial charge in [0.15, 0.2) is 6.10 Å². The zero-order valence-corrected chi connectivity index (χ0v) is 14.9. The predicted molar refractivity (Wildman–Crippen MR) is 93.0 cm³/mol. The van der Waals surface area contributed by atoms with Gasteiger partial charge >= 0.3 is 12.6 Å². The zero-order valence-electron chi connectivity index (χ0n) is 13.3. The Hall–Kier alpha value is -2.38. The van der Waals surface area contributed by atoms with Crippen LogP contribution in [-0.2, 0) is 9.53 Å². The summed E-state index contributed by atoms with van der Waals surface area (Å²) in [7, 11) is 0. The van der Waals surface area contributed by atoms with Gasteiger partial charge in [-0.3, -0.25) is 4.79 Å². The van der Waals surface area contributed by atoms with Crippen molar-refractivity contribution in [2.24, 2.45) is 0 Å². The van der Waals surface area contributed by atoms with Gasteiger partial charge < -0.3 is 14.8 Å². The minimum atomic E-state index is -3.10. The minimum Gasteiger partial charge on any atom is -0.449 e. The Morgan fingerprint density at radius 1 is 1.12 bits per heavy atom. The summed E-state index contributed by atoms with van der Waals surface area (Å²) in [5.41, 5.74) is 0.0578. The molecule has 0 radical (unpaired) electrons. The van der Waals surface area contributed by atoms with E-state index in [2.05, 4.69) is 10.1 Å². The average molecular weight is 404 g/mol. The number of halogens is 4. The van der Waals surface area contributed by atoms with Crippen LogP contribution in [0.3, 0.4) is 0 Å². The number of anilines is 1. The van der Waals surface area contributed by atoms with Crippen molar-refractivity contribution in [2.45, 2.75) is 19.6 Å². The van der Waals surface area contributed by atoms with Crippen LogP contribution < -0.4 is 10.1 Å². The summed E-state index contributed by atoms with van der Waals surface area (Å²) in [6.45, 7) is -1.77. The van der Waals surface area contributed by atoms with E-state index in [0.717, 1.165) is 0 Å². The molecule has 0 aliphatic rings. The molecule has 138 valence electrons. The maximum absolute atomic E-state index is 12.4. The van der Waals surface area contributed by atoms with Crippen molar-refractivity contribution in [3.63, 3.8) is 0 Å². The standard InChI is InChI=1S/C17H13Cl2F2NO4/c1-9(15(23)22-13-7-6-10(18)8-12(13)19)25-16(24)11-4-2-3-5-14(11)26-17(20)21/h2-9,17H,1H3,(H,22,23)/t9-/m1/s1. The highest BCUT2D eigenvalue weighted by molar-refractivity contribution is 6.36. The van der Waals surface area contributed by atoms with E-state index in [1.165, 1.54) is 49.4 Å². The normalized spacial score (nSPS) is 11.8. The second-order valence-corrected chi connectivity index (χ2v) is 5.88. The Kier molecular flexibility index (Phi) is 6.76. The van der Waals surface area contributed by atoms with Crippen LogP contribution >= 0.6 is 23.2 Å². The number of benzene rings is 2. The van der Waals surface area contributed by atoms with Crippen LogP contribution in [0.1, 0.15) is 17.3 Å². The number of esters is 1. The number of ether oxygens (including phenoxy) is 2. The van der Waals surface area contributed by atoms with E-state index in [-0.39, 0.29) is 22.0 Å². The number of hydrogen-bond acceptors (Lipinski definition) is 4. The van der Waals surface area contributed by atoms with E-state index in [4.69, 9.17) is 27.9 Å². The quantitative estimate of drug-likeness (QED) is 0.704. The first-order valence-corrected chi connectivity index (χ1v) is 8.04. The third-order valence-corrected chi connectivity index (χ3v) is 3.71. The fourth-order valence-corrected chi connectivity index (χ4v) is 2.39. The number of carbonyl (C=O) groups excluding carboxylic acids is 2. The van der Waals surface area contributed by atoms with Crippen LogP contribution in [0.25, 0.3) is 0 Å². The van der Waals surface area contributed by atoms with Gasteiger partial charge in [-0.25, -0.2) is 4.79 Å². The van der Waals surface area contributed by atoms with E-state index in [0.29, 0.717) is 5.02 Å². The van der Waals surface area contributed by atoms with Crippen molar-refractivity contribution in [3.8, 4) is 5.75 Å². The van der Waals surface area contributed by atoms with E-state index in [1.807, 2.05) is 0 Å². The van der Waals surface area contributed by atoms with Crippen LogP contribution in [0.2, 0.25) is 10.0 Å². The van der Waals surface area contributed by atoms with E-state index in [9.17, 15) is 18.4 Å². The minimum absolute atomic E-state index is 0.208. The number of nitrogens with one attached hydrogen (secondary N) is 1. The van der Waals surface area contributed by atoms with Crippen molar-refractivity contribution in [2.75, 3.05) is 5.32 Å². The summed E-state index contributed by atoms with van der Waals surface area (Å²) in [5.74, 6) is -1.98. The second-order valence-electron chi connectivity index (χ2n) is 5.04. The highest BCUT2D eigenvalue weighted by atomic mass is 35.5. The number of rotatable bonds is 6. The molecule has 0 heterocycles. The van der Waals surface area contributed by atoms with Crippen molar-refractivity contribution in [1.82, 2.24) is 0 Å². The molecule has 1 atom stereocenters. The molecule has 0 saturated carbocycles. The van der Waals surface area contributed by atoms with Gasteiger partial charge in [0.25, 0.3) is 5.91 Å². The van der Waals surface area contributed by atoms with Gasteiger partial charge in [0.2, 0.25) is 0 Å². The molecule has 0 fully saturated rings. The Morgan fingerprint density at radius 3 is 2.46 bits per heavy atom. The topological polar surface area (TPSA) is 64.6 Å². The van der Waals surface area contributed by atoms with Gasteiger partial charge in [0.1, 0.15) is 11.3 Å². The molecule has 9 heteroatoms. The average Bonchev–Trinajstić information content (AvgIpc) is 2.57. The second kappa shape index (κ2) is 8.82. The van der Waals surface area contributed by atoms with Crippen LogP contribution in [-0.4, -0.2) is 24.6 Å². The molecule has 0 aliphatic heterocycles. The number of carbonyl (C=O) groups is 2. The van der Waals surface area contributed by atoms with E-state index in [1.54, 1.807) is 0 Å². The number of alkyl halides is 2. The summed E-state index contributed by atoms with van der Waals surface area (Å²) in [6, 6.07) is 9.77. The van der Waals surface area contributed by atoms with Gasteiger partial charge in [0.05, 0.1) is 10.7 Å². The lowest BCUT2D eigenvalue weighted by atomic mass is 10.2. The molecule has 0 bridgehead atoms. The fraction of sp³-hybridized carbons (Fsp3) is 0.176. The van der Waals surface area contributed by atoms with Gasteiger partial charge in [-0.1, -0.05) is 35.3 Å². The Bertz CT molecular complexity index is 817. The van der Waals surface area contributed by atoms with Crippen LogP contribution in [0.15, 0.2) is 42.5 Å². The first kappa shape index (κ1) is 19.9. The molecule has 1 N–H and O–H groups in total. The molecule has 2 aromatic carbocycles. The van der Waals surface area contributed by atoms with Gasteiger partial charge in [-0.05, 0) is 37.3 Å². The Balaban J connectivity index is 2.06. The number of hydrogen-bond donors (Lipinski definition) is 1. The lowest BCUT2D eigenvalue weighted by molar-refractivity contribution is -0.123. The number of amides is 1. The molecule has 0 aliphatic carbocycles. The van der Waals surface area contributed by atoms with Crippen LogP contribution in [0, 0.1) is 0 Å². The highest BCUT2D eigenvalue weighted by Gasteiger charge is 2.23. The summed E-state index contributed by atoms with van der Waals surface area (Å²) >= 11 is 11.7. The van der Waals surface area contributed by atoms with Crippen molar-refractivity contribution in [1.29, 1.82) is 0 Å². The Morgan fingerprint density at radius 2 is 1.81 bits per heavy atom. The molecule has 0 saturated heterocycles. The molecule has 2 rings (SSSR count). The van der Waals surface area contributed by atoms with Crippen molar-refractivity contribution >= 4 is 40.8 Å². The molecule has 5 nitrogen and oxygen atoms in total. The van der Waals surface area contributed by atoms with Gasteiger partial charge in [-0.15, -0.1) is 0 Å². The molecule has 0 spiro atoms. The molecular weight excluding hydrogens is 391 g/mol. The summed E-state index contributed by atoms with van der Waals surface area (Å²) < 4.78 is 34.1. The van der Waals surface area contributed by atoms with E-state index < -0.39 is 24.6 Å². The first-order valence-electron chi connectivity index (χ1n) is 7.28. The van der Waals surface area contributed by atoms with Crippen molar-refractivity contribution < 1.29 is 27.8 Å². The first-order chi connectivity index (χ1) is 12.3. The molecule has 0 unspecified atom stereocenters. The molecule has 0 aromatic heterocycles. The SMILES string of the molecule is C[C@@H](OC(=O)c1ccccc1OC(F)F)C(=O)Nc1ccc(Cl)cc1Cl. The third kappa shape index (κ3) is 5.31. The molecule has 2 aromatic rings. The predicted octanol–water partition coefficient (Wildman–Crippen LogP) is 4.78. The zero-order chi connectivity index (χ0) is 19.3. The van der Waals surface area contributed by atoms with Gasteiger partial charge in [-0.2, -0.15) is 8.78 Å². The summed E-state index contributed by atoms with van der Waals surface area (Å²) in [4.78, 5) is 24.3. The molecule has 1 amide bonds. The highest BCUT2D eigenvalue weighted by Crippen LogP contribution is 2.26. The smallest absolute Gasteiger partial charge is 0.387 e. The maximum atomic E-state index is 12.4. The van der Waals surface area contributed by atoms with Crippen LogP contribution in [0.4, 0.5) is 14.5 Å². The van der Waals surface area contributed by atoms with E-state index >= 15 is 0 Å². The van der Waals surface area contributed by atoms with Gasteiger partial charge in [0, 0.05) is 5.02 Å². The third-order valence-electron chi connectivity index (χ3n) is 3.17. The summed E-state index contributed by atoms with van der Waals surface area (Å²) in [5, 5.41) is 3.08. The van der Waals surface area contributed by atoms with Crippen LogP contribution in [0.5, 0.6) is 5.75 Å². The van der Waals surface area contributed by atoms with Crippen molar-refractivity contribution in [3.05, 3.63) is 58.1 Å². The monoisotopic (exact) mass is 403 g/mol. The largest absolute Gasteiger partial charge is 0.449 e. The molecular formula is C17H13Cl2F2NO4. The summed E-state index contributed by atoms with van der Waals surface area (Å²) in [6.07, 6.45) is -1.21. The molecule has 26 heavy (non-hydrogen) atoms. The number of para-hydroxylation sites is 1.